The van der Waals surface area contributed by atoms with E-state index in [0.29, 0.717) is 24.7 Å². The number of carbonyl (C=O) groups is 2. The summed E-state index contributed by atoms with van der Waals surface area (Å²) in [5, 5.41) is 11.9. The number of hydrogen-bond donors (Lipinski definition) is 1. The van der Waals surface area contributed by atoms with Crippen molar-refractivity contribution in [3.05, 3.63) is 27.9 Å². The molecule has 3 aliphatic rings. The van der Waals surface area contributed by atoms with Crippen LogP contribution in [0.5, 0.6) is 0 Å². The molecule has 2 aliphatic heterocycles. The highest BCUT2D eigenvalue weighted by molar-refractivity contribution is 7.09. The van der Waals surface area contributed by atoms with Crippen LogP contribution in [0.15, 0.2) is 17.2 Å². The second kappa shape index (κ2) is 7.39. The number of carboxylic acid groups (broad SMARTS) is 1. The Morgan fingerprint density at radius 1 is 1.08 bits per heavy atom. The third-order valence-electron chi connectivity index (χ3n) is 5.88. The van der Waals surface area contributed by atoms with Gasteiger partial charge in [0.25, 0.3) is 5.91 Å². The maximum Gasteiger partial charge on any atom is 0.407 e. The van der Waals surface area contributed by atoms with Crippen LogP contribution >= 0.6 is 11.3 Å². The van der Waals surface area contributed by atoms with E-state index in [0.717, 1.165) is 37.2 Å². The Kier molecular flexibility index (Phi) is 4.98. The largest absolute Gasteiger partial charge is 0.465 e. The van der Waals surface area contributed by atoms with Crippen molar-refractivity contribution in [3.8, 4) is 0 Å². The Morgan fingerprint density at radius 3 is 2.62 bits per heavy atom. The zero-order chi connectivity index (χ0) is 18.1. The van der Waals surface area contributed by atoms with E-state index in [2.05, 4.69) is 11.1 Å². The van der Waals surface area contributed by atoms with Crippen LogP contribution < -0.4 is 0 Å². The van der Waals surface area contributed by atoms with E-state index in [4.69, 9.17) is 5.11 Å². The van der Waals surface area contributed by atoms with E-state index in [1.54, 1.807) is 11.3 Å². The number of rotatable bonds is 2. The summed E-state index contributed by atoms with van der Waals surface area (Å²) < 4.78 is 0. The first-order valence-corrected chi connectivity index (χ1v) is 10.5. The molecule has 7 heteroatoms. The smallest absolute Gasteiger partial charge is 0.407 e. The van der Waals surface area contributed by atoms with Crippen LogP contribution in [0.3, 0.4) is 0 Å². The van der Waals surface area contributed by atoms with Crippen LogP contribution in [0, 0.1) is 5.92 Å². The van der Waals surface area contributed by atoms with E-state index in [1.807, 2.05) is 10.3 Å². The van der Waals surface area contributed by atoms with Gasteiger partial charge in [-0.25, -0.2) is 9.78 Å². The number of aromatic nitrogens is 1. The van der Waals surface area contributed by atoms with Crippen molar-refractivity contribution >= 4 is 23.3 Å². The zero-order valence-electron chi connectivity index (χ0n) is 14.9. The number of amides is 2. The van der Waals surface area contributed by atoms with Gasteiger partial charge in [-0.1, -0.05) is 6.08 Å². The molecule has 2 fully saturated rings. The first kappa shape index (κ1) is 17.5. The van der Waals surface area contributed by atoms with E-state index >= 15 is 0 Å². The number of nitrogens with zero attached hydrogens (tertiary/aromatic N) is 3. The summed E-state index contributed by atoms with van der Waals surface area (Å²) in [7, 11) is 0. The molecule has 6 nitrogen and oxygen atoms in total. The number of fused-ring (bicyclic) bond motifs is 1. The van der Waals surface area contributed by atoms with E-state index in [9.17, 15) is 9.59 Å². The number of carbonyl (C=O) groups excluding carboxylic acids is 1. The molecule has 0 spiro atoms. The molecule has 1 unspecified atom stereocenters. The van der Waals surface area contributed by atoms with Crippen LogP contribution in [0.4, 0.5) is 4.79 Å². The molecule has 1 aromatic heterocycles. The molecule has 26 heavy (non-hydrogen) atoms. The lowest BCUT2D eigenvalue weighted by Crippen LogP contribution is -2.39. The summed E-state index contributed by atoms with van der Waals surface area (Å²) in [6.45, 7) is 1.89. The minimum absolute atomic E-state index is 0.0355. The van der Waals surface area contributed by atoms with Gasteiger partial charge in [-0.2, -0.15) is 0 Å². The quantitative estimate of drug-likeness (QED) is 0.850. The second-order valence-corrected chi connectivity index (χ2v) is 8.36. The summed E-state index contributed by atoms with van der Waals surface area (Å²) in [4.78, 5) is 32.1. The average Bonchev–Trinajstić information content (AvgIpc) is 3.17. The van der Waals surface area contributed by atoms with Gasteiger partial charge < -0.3 is 14.9 Å². The number of likely N-dealkylation sites (tertiary alicyclic amines) is 2. The molecule has 140 valence electrons. The van der Waals surface area contributed by atoms with Crippen molar-refractivity contribution in [1.82, 2.24) is 14.8 Å². The van der Waals surface area contributed by atoms with Crippen molar-refractivity contribution in [3.63, 3.8) is 0 Å². The molecule has 1 aromatic rings. The first-order valence-electron chi connectivity index (χ1n) is 9.58. The predicted octanol–water partition coefficient (Wildman–Crippen LogP) is 3.92. The van der Waals surface area contributed by atoms with Crippen LogP contribution in [0.1, 0.15) is 66.4 Å². The van der Waals surface area contributed by atoms with E-state index < -0.39 is 6.09 Å². The fraction of sp³-hybridized carbons (Fsp3) is 0.632. The van der Waals surface area contributed by atoms with Crippen molar-refractivity contribution < 1.29 is 14.7 Å². The van der Waals surface area contributed by atoms with Gasteiger partial charge in [0.05, 0.1) is 5.01 Å². The lowest BCUT2D eigenvalue weighted by molar-refractivity contribution is 0.0743. The van der Waals surface area contributed by atoms with Crippen molar-refractivity contribution in [2.24, 2.45) is 5.92 Å². The maximum atomic E-state index is 13.0. The molecule has 1 atom stereocenters. The molecular formula is C19H25N3O3S. The van der Waals surface area contributed by atoms with Crippen molar-refractivity contribution in [1.29, 1.82) is 0 Å². The van der Waals surface area contributed by atoms with Crippen LogP contribution in [-0.2, 0) is 0 Å². The van der Waals surface area contributed by atoms with E-state index in [1.165, 1.54) is 29.9 Å². The molecule has 2 amide bonds. The molecule has 2 saturated heterocycles. The summed E-state index contributed by atoms with van der Waals surface area (Å²) >= 11 is 1.54. The topological polar surface area (TPSA) is 73.7 Å². The van der Waals surface area contributed by atoms with Crippen LogP contribution in [0.2, 0.25) is 0 Å². The molecule has 3 heterocycles. The van der Waals surface area contributed by atoms with Gasteiger partial charge >= 0.3 is 6.09 Å². The van der Waals surface area contributed by atoms with Gasteiger partial charge in [0.1, 0.15) is 5.69 Å². The first-order chi connectivity index (χ1) is 12.6. The molecule has 0 bridgehead atoms. The predicted molar refractivity (Wildman–Crippen MR) is 99.4 cm³/mol. The molecule has 4 rings (SSSR count). The monoisotopic (exact) mass is 375 g/mol. The van der Waals surface area contributed by atoms with Gasteiger partial charge in [0, 0.05) is 36.6 Å². The molecule has 1 aliphatic carbocycles. The Bertz CT molecular complexity index is 721. The zero-order valence-corrected chi connectivity index (χ0v) is 15.7. The van der Waals surface area contributed by atoms with Gasteiger partial charge in [-0.05, 0) is 50.9 Å². The molecule has 0 aromatic carbocycles. The summed E-state index contributed by atoms with van der Waals surface area (Å²) in [5.41, 5.74) is 1.77. The minimum Gasteiger partial charge on any atom is -0.465 e. The lowest BCUT2D eigenvalue weighted by atomic mass is 9.85. The van der Waals surface area contributed by atoms with Crippen molar-refractivity contribution in [2.45, 2.75) is 50.9 Å². The average molecular weight is 375 g/mol. The van der Waals surface area contributed by atoms with Crippen LogP contribution in [-0.4, -0.2) is 51.5 Å². The minimum atomic E-state index is -0.848. The third kappa shape index (κ3) is 3.37. The van der Waals surface area contributed by atoms with Crippen molar-refractivity contribution in [2.75, 3.05) is 19.6 Å². The number of hydrogen-bond acceptors (Lipinski definition) is 4. The van der Waals surface area contributed by atoms with Gasteiger partial charge in [0.15, 0.2) is 0 Å². The fourth-order valence-corrected chi connectivity index (χ4v) is 5.39. The summed E-state index contributed by atoms with van der Waals surface area (Å²) in [5.74, 6) is 0.841. The summed E-state index contributed by atoms with van der Waals surface area (Å²) in [6, 6.07) is 0. The number of thiazole rings is 1. The molecule has 0 radical (unpaired) electrons. The standard InChI is InChI=1S/C19H25N3O3S/c23-18(22-9-3-5-13-4-1-2-6-16(13)22)15-12-26-17(20-15)14-7-10-21(11-8-14)19(24)25/h6,12-14H,1-5,7-11H2,(H,24,25). The van der Waals surface area contributed by atoms with Gasteiger partial charge in [0.2, 0.25) is 0 Å². The Morgan fingerprint density at radius 2 is 1.85 bits per heavy atom. The molecule has 0 saturated carbocycles. The number of allylic oxidation sites excluding steroid dienone is 2. The Labute approximate surface area is 157 Å². The summed E-state index contributed by atoms with van der Waals surface area (Å²) in [6.07, 6.45) is 8.72. The molecule has 1 N–H and O–H groups in total. The van der Waals surface area contributed by atoms with Gasteiger partial charge in [-0.3, -0.25) is 4.79 Å². The third-order valence-corrected chi connectivity index (χ3v) is 6.88. The number of piperidine rings is 2. The highest BCUT2D eigenvalue weighted by Crippen LogP contribution is 2.36. The van der Waals surface area contributed by atoms with E-state index in [-0.39, 0.29) is 11.8 Å². The fourth-order valence-electron chi connectivity index (χ4n) is 4.42. The Balaban J connectivity index is 1.45. The lowest BCUT2D eigenvalue weighted by Gasteiger charge is -2.37. The second-order valence-electron chi connectivity index (χ2n) is 7.47. The van der Waals surface area contributed by atoms with Crippen LogP contribution in [0.25, 0.3) is 0 Å². The SMILES string of the molecule is O=C(O)N1CCC(c2nc(C(=O)N3CCCC4CCCC=C43)cs2)CC1. The maximum absolute atomic E-state index is 13.0. The highest BCUT2D eigenvalue weighted by atomic mass is 32.1. The molecular weight excluding hydrogens is 350 g/mol. The van der Waals surface area contributed by atoms with Gasteiger partial charge in [-0.15, -0.1) is 11.3 Å². The highest BCUT2D eigenvalue weighted by Gasteiger charge is 2.32. The Hall–Kier alpha value is -1.89. The normalized spacial score (nSPS) is 24.2.